The van der Waals surface area contributed by atoms with E-state index in [1.165, 1.54) is 0 Å². The molecule has 0 saturated carbocycles. The van der Waals surface area contributed by atoms with E-state index >= 15 is 0 Å². The Balaban J connectivity index is 2.30. The fourth-order valence-electron chi connectivity index (χ4n) is 1.74. The molecule has 2 aromatic carbocycles. The second-order valence-corrected chi connectivity index (χ2v) is 5.03. The Bertz CT molecular complexity index is 584. The van der Waals surface area contributed by atoms with Gasteiger partial charge in [-0.3, -0.25) is 0 Å². The van der Waals surface area contributed by atoms with Crippen molar-refractivity contribution in [1.29, 1.82) is 0 Å². The van der Waals surface area contributed by atoms with Crippen molar-refractivity contribution in [1.82, 2.24) is 0 Å². The Hall–Kier alpha value is -1.68. The lowest BCUT2D eigenvalue weighted by atomic mass is 10.2. The molecular weight excluding hydrogens is 306 g/mol. The van der Waals surface area contributed by atoms with Gasteiger partial charge in [0.25, 0.3) is 0 Å². The van der Waals surface area contributed by atoms with Crippen LogP contribution in [0.15, 0.2) is 40.9 Å². The highest BCUT2D eigenvalue weighted by Crippen LogP contribution is 2.36. The van der Waals surface area contributed by atoms with E-state index in [9.17, 15) is 0 Å². The topological polar surface area (TPSA) is 44.5 Å². The molecule has 0 radical (unpaired) electrons. The van der Waals surface area contributed by atoms with Crippen LogP contribution in [-0.2, 0) is 0 Å². The zero-order valence-electron chi connectivity index (χ0n) is 10.9. The molecule has 0 aliphatic heterocycles. The summed E-state index contributed by atoms with van der Waals surface area (Å²) < 4.78 is 12.3. The molecule has 0 aliphatic rings. The predicted molar refractivity (Wildman–Crippen MR) is 81.0 cm³/mol. The number of rotatable bonds is 4. The summed E-state index contributed by atoms with van der Waals surface area (Å²) in [6.07, 6.45) is 0. The van der Waals surface area contributed by atoms with Gasteiger partial charge in [0.15, 0.2) is 5.75 Å². The quantitative estimate of drug-likeness (QED) is 0.841. The van der Waals surface area contributed by atoms with Crippen LogP contribution >= 0.6 is 15.9 Å². The summed E-state index contributed by atoms with van der Waals surface area (Å²) in [5, 5.41) is 0. The van der Waals surface area contributed by atoms with E-state index in [1.807, 2.05) is 50.2 Å². The molecule has 2 aromatic rings. The number of hydrogen-bond acceptors (Lipinski definition) is 3. The van der Waals surface area contributed by atoms with Crippen molar-refractivity contribution in [2.24, 2.45) is 0 Å². The van der Waals surface area contributed by atoms with Crippen LogP contribution in [0.2, 0.25) is 0 Å². The van der Waals surface area contributed by atoms with E-state index < -0.39 is 0 Å². The van der Waals surface area contributed by atoms with E-state index in [0.29, 0.717) is 23.8 Å². The minimum absolute atomic E-state index is 0.520. The van der Waals surface area contributed by atoms with Crippen molar-refractivity contribution in [3.63, 3.8) is 0 Å². The van der Waals surface area contributed by atoms with Gasteiger partial charge in [-0.25, -0.2) is 0 Å². The molecular formula is C15H16BrNO2. The van der Waals surface area contributed by atoms with Gasteiger partial charge in [-0.15, -0.1) is 0 Å². The molecule has 0 fully saturated rings. The number of anilines is 1. The molecule has 0 atom stereocenters. The smallest absolute Gasteiger partial charge is 0.154 e. The van der Waals surface area contributed by atoms with Gasteiger partial charge in [-0.05, 0) is 49.7 Å². The van der Waals surface area contributed by atoms with Crippen LogP contribution in [-0.4, -0.2) is 6.61 Å². The average Bonchev–Trinajstić information content (AvgIpc) is 2.37. The normalized spacial score (nSPS) is 10.3. The summed E-state index contributed by atoms with van der Waals surface area (Å²) in [4.78, 5) is 0. The summed E-state index contributed by atoms with van der Waals surface area (Å²) in [5.41, 5.74) is 7.60. The molecule has 0 bridgehead atoms. The summed E-state index contributed by atoms with van der Waals surface area (Å²) in [6.45, 7) is 4.49. The molecule has 19 heavy (non-hydrogen) atoms. The van der Waals surface area contributed by atoms with Crippen LogP contribution in [0.1, 0.15) is 12.5 Å². The molecule has 2 rings (SSSR count). The number of halogens is 1. The molecule has 3 nitrogen and oxygen atoms in total. The molecule has 0 amide bonds. The first-order valence-corrected chi connectivity index (χ1v) is 6.86. The van der Waals surface area contributed by atoms with Gasteiger partial charge >= 0.3 is 0 Å². The van der Waals surface area contributed by atoms with E-state index in [2.05, 4.69) is 15.9 Å². The van der Waals surface area contributed by atoms with Crippen LogP contribution < -0.4 is 15.2 Å². The lowest BCUT2D eigenvalue weighted by Crippen LogP contribution is -1.99. The van der Waals surface area contributed by atoms with Crippen molar-refractivity contribution < 1.29 is 9.47 Å². The molecule has 0 aromatic heterocycles. The maximum atomic E-state index is 6.04. The van der Waals surface area contributed by atoms with Crippen molar-refractivity contribution in [3.05, 3.63) is 46.4 Å². The first-order chi connectivity index (χ1) is 9.11. The Morgan fingerprint density at radius 1 is 1.11 bits per heavy atom. The molecule has 2 N–H and O–H groups in total. The molecule has 0 heterocycles. The van der Waals surface area contributed by atoms with E-state index in [0.717, 1.165) is 15.8 Å². The van der Waals surface area contributed by atoms with E-state index in [-0.39, 0.29) is 0 Å². The van der Waals surface area contributed by atoms with Crippen molar-refractivity contribution >= 4 is 21.6 Å². The highest BCUT2D eigenvalue weighted by atomic mass is 79.9. The largest absolute Gasteiger partial charge is 0.492 e. The number of aryl methyl sites for hydroxylation is 1. The lowest BCUT2D eigenvalue weighted by Gasteiger charge is -2.13. The summed E-state index contributed by atoms with van der Waals surface area (Å²) in [5.74, 6) is 2.04. The minimum Gasteiger partial charge on any atom is -0.492 e. The van der Waals surface area contributed by atoms with Gasteiger partial charge < -0.3 is 15.2 Å². The van der Waals surface area contributed by atoms with Crippen molar-refractivity contribution in [3.8, 4) is 17.2 Å². The fourth-order valence-corrected chi connectivity index (χ4v) is 2.22. The number of para-hydroxylation sites is 1. The van der Waals surface area contributed by atoms with Crippen LogP contribution in [0.5, 0.6) is 17.2 Å². The first kappa shape index (κ1) is 13.7. The van der Waals surface area contributed by atoms with Crippen molar-refractivity contribution in [2.75, 3.05) is 12.3 Å². The summed E-state index contributed by atoms with van der Waals surface area (Å²) in [7, 11) is 0. The Kier molecular flexibility index (Phi) is 4.32. The Labute approximate surface area is 121 Å². The lowest BCUT2D eigenvalue weighted by molar-refractivity contribution is 0.340. The number of nitrogen functional groups attached to an aromatic ring is 1. The average molecular weight is 322 g/mol. The zero-order chi connectivity index (χ0) is 13.8. The second-order valence-electron chi connectivity index (χ2n) is 4.11. The first-order valence-electron chi connectivity index (χ1n) is 6.07. The van der Waals surface area contributed by atoms with Gasteiger partial charge in [-0.2, -0.15) is 0 Å². The highest BCUT2D eigenvalue weighted by molar-refractivity contribution is 9.10. The number of nitrogens with two attached hydrogens (primary N) is 1. The maximum absolute atomic E-state index is 6.04. The molecule has 100 valence electrons. The Morgan fingerprint density at radius 3 is 2.53 bits per heavy atom. The number of ether oxygens (including phenoxy) is 2. The molecule has 0 unspecified atom stereocenters. The van der Waals surface area contributed by atoms with E-state index in [1.54, 1.807) is 0 Å². The highest BCUT2D eigenvalue weighted by Gasteiger charge is 2.09. The molecule has 0 aliphatic carbocycles. The fraction of sp³-hybridized carbons (Fsp3) is 0.200. The predicted octanol–water partition coefficient (Wildman–Crippen LogP) is 4.53. The zero-order valence-corrected chi connectivity index (χ0v) is 12.5. The van der Waals surface area contributed by atoms with Gasteiger partial charge in [0.05, 0.1) is 6.61 Å². The standard InChI is InChI=1S/C15H16BrNO2/c1-3-18-13-5-4-6-14(15(13)17)19-12-8-7-11(16)9-10(12)2/h4-9H,3,17H2,1-2H3. The van der Waals surface area contributed by atoms with Crippen LogP contribution in [0.4, 0.5) is 5.69 Å². The van der Waals surface area contributed by atoms with Gasteiger partial charge in [0, 0.05) is 4.47 Å². The Morgan fingerprint density at radius 2 is 1.84 bits per heavy atom. The van der Waals surface area contributed by atoms with Crippen LogP contribution in [0.25, 0.3) is 0 Å². The van der Waals surface area contributed by atoms with Crippen LogP contribution in [0.3, 0.4) is 0 Å². The van der Waals surface area contributed by atoms with Crippen molar-refractivity contribution in [2.45, 2.75) is 13.8 Å². The second kappa shape index (κ2) is 5.97. The number of benzene rings is 2. The molecule has 4 heteroatoms. The minimum atomic E-state index is 0.520. The maximum Gasteiger partial charge on any atom is 0.154 e. The molecule has 0 spiro atoms. The summed E-state index contributed by atoms with van der Waals surface area (Å²) >= 11 is 3.43. The SMILES string of the molecule is CCOc1cccc(Oc2ccc(Br)cc2C)c1N. The van der Waals surface area contributed by atoms with Crippen LogP contribution in [0, 0.1) is 6.92 Å². The third-order valence-electron chi connectivity index (χ3n) is 2.68. The van der Waals surface area contributed by atoms with Gasteiger partial charge in [-0.1, -0.05) is 22.0 Å². The van der Waals surface area contributed by atoms with E-state index in [4.69, 9.17) is 15.2 Å². The molecule has 0 saturated heterocycles. The summed E-state index contributed by atoms with van der Waals surface area (Å²) in [6, 6.07) is 11.4. The third-order valence-corrected chi connectivity index (χ3v) is 3.18. The monoisotopic (exact) mass is 321 g/mol. The number of hydrogen-bond donors (Lipinski definition) is 1. The third kappa shape index (κ3) is 3.20. The van der Waals surface area contributed by atoms with Gasteiger partial charge in [0.2, 0.25) is 0 Å². The van der Waals surface area contributed by atoms with Gasteiger partial charge in [0.1, 0.15) is 17.2 Å².